The van der Waals surface area contributed by atoms with Crippen LogP contribution in [0, 0.1) is 6.92 Å². The topological polar surface area (TPSA) is 49.8 Å². The normalized spacial score (nSPS) is 16.7. The van der Waals surface area contributed by atoms with E-state index in [0.29, 0.717) is 6.04 Å². The van der Waals surface area contributed by atoms with E-state index in [9.17, 15) is 4.79 Å². The lowest BCUT2D eigenvalue weighted by Gasteiger charge is -2.25. The fourth-order valence-corrected chi connectivity index (χ4v) is 2.75. The van der Waals surface area contributed by atoms with Gasteiger partial charge < -0.3 is 10.3 Å². The number of hydrogen-bond acceptors (Lipinski definition) is 2. The molecule has 1 aromatic heterocycles. The molecular formula is C15H19N3O. The van der Waals surface area contributed by atoms with Gasteiger partial charge in [-0.3, -0.25) is 4.57 Å². The number of aromatic amines is 1. The monoisotopic (exact) mass is 257 g/mol. The van der Waals surface area contributed by atoms with E-state index in [0.717, 1.165) is 37.2 Å². The number of hydrogen-bond donors (Lipinski definition) is 2. The lowest BCUT2D eigenvalue weighted by molar-refractivity contribution is 0.364. The summed E-state index contributed by atoms with van der Waals surface area (Å²) in [5, 5.41) is 3.34. The van der Waals surface area contributed by atoms with Crippen molar-refractivity contribution in [2.24, 2.45) is 0 Å². The molecule has 0 spiro atoms. The van der Waals surface area contributed by atoms with E-state index in [1.54, 1.807) is 0 Å². The van der Waals surface area contributed by atoms with Crippen molar-refractivity contribution in [1.82, 2.24) is 14.9 Å². The van der Waals surface area contributed by atoms with E-state index < -0.39 is 0 Å². The highest BCUT2D eigenvalue weighted by atomic mass is 16.1. The van der Waals surface area contributed by atoms with Gasteiger partial charge in [0.15, 0.2) is 0 Å². The van der Waals surface area contributed by atoms with Gasteiger partial charge in [-0.15, -0.1) is 0 Å². The van der Waals surface area contributed by atoms with Gasteiger partial charge in [-0.2, -0.15) is 0 Å². The first-order valence-electron chi connectivity index (χ1n) is 6.83. The van der Waals surface area contributed by atoms with E-state index in [4.69, 9.17) is 0 Å². The Bertz CT molecular complexity index is 603. The van der Waals surface area contributed by atoms with Gasteiger partial charge in [0, 0.05) is 12.2 Å². The van der Waals surface area contributed by atoms with Crippen LogP contribution in [0.1, 0.15) is 24.4 Å². The number of H-pyrrole nitrogens is 1. The zero-order valence-electron chi connectivity index (χ0n) is 11.1. The molecule has 2 N–H and O–H groups in total. The van der Waals surface area contributed by atoms with Crippen LogP contribution in [0.5, 0.6) is 0 Å². The highest BCUT2D eigenvalue weighted by Crippen LogP contribution is 2.25. The van der Waals surface area contributed by atoms with Crippen molar-refractivity contribution < 1.29 is 0 Å². The number of piperidine rings is 1. The van der Waals surface area contributed by atoms with E-state index in [-0.39, 0.29) is 5.69 Å². The van der Waals surface area contributed by atoms with Crippen molar-refractivity contribution in [2.45, 2.75) is 25.8 Å². The standard InChI is InChI=1S/C15H19N3O/c1-11-2-4-12(5-3-11)14-10-17-15(19)18(14)13-6-8-16-9-7-13/h2-5,10,13,16H,6-9H2,1H3,(H,17,19). The maximum Gasteiger partial charge on any atom is 0.326 e. The zero-order chi connectivity index (χ0) is 13.2. The van der Waals surface area contributed by atoms with Crippen LogP contribution in [0.15, 0.2) is 35.3 Å². The molecule has 1 saturated heterocycles. The summed E-state index contributed by atoms with van der Waals surface area (Å²) < 4.78 is 1.92. The Morgan fingerprint density at radius 1 is 1.16 bits per heavy atom. The van der Waals surface area contributed by atoms with Crippen LogP contribution >= 0.6 is 0 Å². The van der Waals surface area contributed by atoms with Gasteiger partial charge in [-0.25, -0.2) is 4.79 Å². The summed E-state index contributed by atoms with van der Waals surface area (Å²) in [5.74, 6) is 0. The van der Waals surface area contributed by atoms with Crippen molar-refractivity contribution >= 4 is 0 Å². The van der Waals surface area contributed by atoms with Crippen molar-refractivity contribution in [3.05, 3.63) is 46.5 Å². The quantitative estimate of drug-likeness (QED) is 0.865. The second kappa shape index (κ2) is 5.05. The van der Waals surface area contributed by atoms with Crippen molar-refractivity contribution in [2.75, 3.05) is 13.1 Å². The maximum atomic E-state index is 12.1. The third-order valence-electron chi connectivity index (χ3n) is 3.83. The van der Waals surface area contributed by atoms with E-state index in [2.05, 4.69) is 41.5 Å². The van der Waals surface area contributed by atoms with E-state index >= 15 is 0 Å². The minimum absolute atomic E-state index is 0.00229. The molecule has 100 valence electrons. The lowest BCUT2D eigenvalue weighted by atomic mass is 10.0. The zero-order valence-corrected chi connectivity index (χ0v) is 11.1. The van der Waals surface area contributed by atoms with Crippen LogP contribution in [0.4, 0.5) is 0 Å². The molecule has 1 fully saturated rings. The van der Waals surface area contributed by atoms with E-state index in [1.807, 2.05) is 10.8 Å². The van der Waals surface area contributed by atoms with Gasteiger partial charge in [0.1, 0.15) is 0 Å². The molecule has 3 rings (SSSR count). The number of benzene rings is 1. The first kappa shape index (κ1) is 12.2. The fraction of sp³-hybridized carbons (Fsp3) is 0.400. The molecule has 4 nitrogen and oxygen atoms in total. The summed E-state index contributed by atoms with van der Waals surface area (Å²) in [6.07, 6.45) is 3.85. The Morgan fingerprint density at radius 2 is 1.84 bits per heavy atom. The first-order chi connectivity index (χ1) is 9.25. The van der Waals surface area contributed by atoms with Crippen LogP contribution < -0.4 is 11.0 Å². The van der Waals surface area contributed by atoms with Crippen molar-refractivity contribution in [1.29, 1.82) is 0 Å². The molecule has 0 unspecified atom stereocenters. The minimum atomic E-state index is 0.00229. The minimum Gasteiger partial charge on any atom is -0.317 e. The molecule has 0 saturated carbocycles. The molecule has 1 aliphatic heterocycles. The Labute approximate surface area is 112 Å². The van der Waals surface area contributed by atoms with Crippen LogP contribution in [-0.4, -0.2) is 22.6 Å². The molecule has 0 bridgehead atoms. The molecule has 0 amide bonds. The Balaban J connectivity index is 2.02. The summed E-state index contributed by atoms with van der Waals surface area (Å²) in [7, 11) is 0. The highest BCUT2D eigenvalue weighted by molar-refractivity contribution is 5.59. The predicted octanol–water partition coefficient (Wildman–Crippen LogP) is 2.08. The molecule has 0 radical (unpaired) electrons. The third-order valence-corrected chi connectivity index (χ3v) is 3.83. The first-order valence-corrected chi connectivity index (χ1v) is 6.83. The van der Waals surface area contributed by atoms with Crippen molar-refractivity contribution in [3.63, 3.8) is 0 Å². The van der Waals surface area contributed by atoms with Gasteiger partial charge in [-0.05, 0) is 38.4 Å². The van der Waals surface area contributed by atoms with Crippen LogP contribution in [0.3, 0.4) is 0 Å². The number of imidazole rings is 1. The molecule has 0 aliphatic carbocycles. The largest absolute Gasteiger partial charge is 0.326 e. The third kappa shape index (κ3) is 2.36. The van der Waals surface area contributed by atoms with Gasteiger partial charge in [-0.1, -0.05) is 29.8 Å². The average Bonchev–Trinajstić information content (AvgIpc) is 2.82. The van der Waals surface area contributed by atoms with Crippen LogP contribution in [-0.2, 0) is 0 Å². The Kier molecular flexibility index (Phi) is 3.25. The van der Waals surface area contributed by atoms with Crippen LogP contribution in [0.2, 0.25) is 0 Å². The van der Waals surface area contributed by atoms with E-state index in [1.165, 1.54) is 5.56 Å². The number of aryl methyl sites for hydroxylation is 1. The maximum absolute atomic E-state index is 12.1. The molecule has 2 aromatic rings. The fourth-order valence-electron chi connectivity index (χ4n) is 2.75. The molecule has 4 heteroatoms. The second-order valence-electron chi connectivity index (χ2n) is 5.20. The average molecular weight is 257 g/mol. The molecule has 2 heterocycles. The summed E-state index contributed by atoms with van der Waals surface area (Å²) in [6, 6.07) is 8.63. The summed E-state index contributed by atoms with van der Waals surface area (Å²) >= 11 is 0. The Morgan fingerprint density at radius 3 is 2.53 bits per heavy atom. The highest BCUT2D eigenvalue weighted by Gasteiger charge is 2.20. The molecule has 1 aromatic carbocycles. The lowest BCUT2D eigenvalue weighted by Crippen LogP contribution is -2.33. The molecular weight excluding hydrogens is 238 g/mol. The number of aromatic nitrogens is 2. The molecule has 1 aliphatic rings. The van der Waals surface area contributed by atoms with Gasteiger partial charge in [0.2, 0.25) is 0 Å². The van der Waals surface area contributed by atoms with Crippen molar-refractivity contribution in [3.8, 4) is 11.3 Å². The predicted molar refractivity (Wildman–Crippen MR) is 76.4 cm³/mol. The van der Waals surface area contributed by atoms with Gasteiger partial charge in [0.05, 0.1) is 5.69 Å². The molecule has 19 heavy (non-hydrogen) atoms. The smallest absolute Gasteiger partial charge is 0.317 e. The Hall–Kier alpha value is -1.81. The van der Waals surface area contributed by atoms with Gasteiger partial charge in [0.25, 0.3) is 0 Å². The number of nitrogens with zero attached hydrogens (tertiary/aromatic N) is 1. The SMILES string of the molecule is Cc1ccc(-c2c[nH]c(=O)n2C2CCNCC2)cc1. The number of rotatable bonds is 2. The summed E-state index contributed by atoms with van der Waals surface area (Å²) in [6.45, 7) is 4.03. The second-order valence-corrected chi connectivity index (χ2v) is 5.20. The number of nitrogens with one attached hydrogen (secondary N) is 2. The van der Waals surface area contributed by atoms with Crippen LogP contribution in [0.25, 0.3) is 11.3 Å². The summed E-state index contributed by atoms with van der Waals surface area (Å²) in [5.41, 5.74) is 3.33. The van der Waals surface area contributed by atoms with Gasteiger partial charge >= 0.3 is 5.69 Å². The molecule has 0 atom stereocenters. The summed E-state index contributed by atoms with van der Waals surface area (Å²) in [4.78, 5) is 14.9.